The summed E-state index contributed by atoms with van der Waals surface area (Å²) in [5.74, 6) is 0. The molecule has 0 radical (unpaired) electrons. The highest BCUT2D eigenvalue weighted by atomic mass is 79.9. The Morgan fingerprint density at radius 1 is 1.53 bits per heavy atom. The van der Waals surface area contributed by atoms with Gasteiger partial charge < -0.3 is 5.32 Å². The molecule has 15 heavy (non-hydrogen) atoms. The van der Waals surface area contributed by atoms with E-state index >= 15 is 0 Å². The first-order valence-corrected chi connectivity index (χ1v) is 6.51. The molecule has 0 saturated carbocycles. The van der Waals surface area contributed by atoms with Crippen molar-refractivity contribution < 1.29 is 0 Å². The topological polar surface area (TPSA) is 35.8 Å². The van der Waals surface area contributed by atoms with E-state index in [2.05, 4.69) is 39.4 Å². The van der Waals surface area contributed by atoms with Gasteiger partial charge in [0.25, 0.3) is 0 Å². The summed E-state index contributed by atoms with van der Waals surface area (Å²) in [6.45, 7) is 5.57. The van der Waals surface area contributed by atoms with E-state index in [1.54, 1.807) is 11.3 Å². The van der Waals surface area contributed by atoms with Crippen LogP contribution >= 0.6 is 27.3 Å². The third-order valence-electron chi connectivity index (χ3n) is 2.05. The Hall–Kier alpha value is -0.370. The number of nitrogens with one attached hydrogen (secondary N) is 1. The average Bonchev–Trinajstić information content (AvgIpc) is 2.59. The summed E-state index contributed by atoms with van der Waals surface area (Å²) >= 11 is 5.20. The minimum atomic E-state index is -0.268. The number of rotatable bonds is 5. The molecule has 82 valence electrons. The van der Waals surface area contributed by atoms with Crippen LogP contribution in [-0.4, -0.2) is 13.1 Å². The van der Waals surface area contributed by atoms with E-state index in [0.717, 1.165) is 19.5 Å². The van der Waals surface area contributed by atoms with Crippen LogP contribution in [0.2, 0.25) is 0 Å². The normalized spacial score (nSPS) is 11.3. The fourth-order valence-corrected chi connectivity index (χ4v) is 2.62. The maximum absolute atomic E-state index is 8.82. The lowest BCUT2D eigenvalue weighted by molar-refractivity contribution is 0.448. The molecule has 1 aromatic rings. The van der Waals surface area contributed by atoms with E-state index in [4.69, 9.17) is 5.26 Å². The Morgan fingerprint density at radius 2 is 2.27 bits per heavy atom. The summed E-state index contributed by atoms with van der Waals surface area (Å²) in [4.78, 5) is 1.36. The average molecular weight is 287 g/mol. The monoisotopic (exact) mass is 286 g/mol. The molecule has 0 aliphatic carbocycles. The van der Waals surface area contributed by atoms with Crippen LogP contribution in [0, 0.1) is 16.7 Å². The third kappa shape index (κ3) is 4.78. The lowest BCUT2D eigenvalue weighted by atomic mass is 9.96. The molecule has 1 N–H and O–H groups in total. The fourth-order valence-electron chi connectivity index (χ4n) is 1.14. The zero-order valence-corrected chi connectivity index (χ0v) is 11.4. The predicted molar refractivity (Wildman–Crippen MR) is 68.0 cm³/mol. The van der Waals surface area contributed by atoms with Gasteiger partial charge in [0.1, 0.15) is 0 Å². The van der Waals surface area contributed by atoms with Gasteiger partial charge in [-0.25, -0.2) is 0 Å². The Labute approximate surface area is 103 Å². The van der Waals surface area contributed by atoms with E-state index in [9.17, 15) is 0 Å². The molecule has 0 aliphatic heterocycles. The van der Waals surface area contributed by atoms with Crippen molar-refractivity contribution in [2.75, 3.05) is 13.1 Å². The number of hydrogen-bond donors (Lipinski definition) is 1. The van der Waals surface area contributed by atoms with Crippen molar-refractivity contribution in [3.63, 3.8) is 0 Å². The van der Waals surface area contributed by atoms with Crippen LogP contribution in [0.1, 0.15) is 18.7 Å². The first kappa shape index (κ1) is 12.7. The maximum atomic E-state index is 8.82. The van der Waals surface area contributed by atoms with Crippen molar-refractivity contribution in [3.05, 3.63) is 20.8 Å². The van der Waals surface area contributed by atoms with Crippen LogP contribution in [0.4, 0.5) is 0 Å². The number of halogens is 1. The zero-order valence-electron chi connectivity index (χ0n) is 9.01. The molecule has 0 amide bonds. The molecule has 0 atom stereocenters. The lowest BCUT2D eigenvalue weighted by Gasteiger charge is -2.15. The Balaban J connectivity index is 2.21. The first-order chi connectivity index (χ1) is 7.03. The highest BCUT2D eigenvalue weighted by molar-refractivity contribution is 9.11. The zero-order chi connectivity index (χ0) is 11.3. The smallest absolute Gasteiger partial charge is 0.0701 e. The molecule has 0 fully saturated rings. The summed E-state index contributed by atoms with van der Waals surface area (Å²) < 4.78 is 1.18. The van der Waals surface area contributed by atoms with Crippen molar-refractivity contribution >= 4 is 27.3 Å². The number of thiophene rings is 1. The van der Waals surface area contributed by atoms with Gasteiger partial charge in [-0.2, -0.15) is 5.26 Å². The summed E-state index contributed by atoms with van der Waals surface area (Å²) in [5.41, 5.74) is -0.268. The number of nitriles is 1. The van der Waals surface area contributed by atoms with E-state index < -0.39 is 0 Å². The van der Waals surface area contributed by atoms with Crippen molar-refractivity contribution in [1.29, 1.82) is 5.26 Å². The predicted octanol–water partition coefficient (Wildman–Crippen LogP) is 3.19. The van der Waals surface area contributed by atoms with Crippen LogP contribution in [0.25, 0.3) is 0 Å². The van der Waals surface area contributed by atoms with Crippen molar-refractivity contribution in [2.24, 2.45) is 5.41 Å². The molecule has 0 saturated heterocycles. The quantitative estimate of drug-likeness (QED) is 0.844. The molecule has 2 nitrogen and oxygen atoms in total. The van der Waals surface area contributed by atoms with E-state index in [1.165, 1.54) is 8.66 Å². The minimum Gasteiger partial charge on any atom is -0.315 e. The van der Waals surface area contributed by atoms with Gasteiger partial charge >= 0.3 is 0 Å². The molecule has 0 bridgehead atoms. The highest BCUT2D eigenvalue weighted by Crippen LogP contribution is 2.22. The standard InChI is InChI=1S/C11H15BrN2S/c1-11(2,7-13)8-14-6-5-9-3-4-10(12)15-9/h3-4,14H,5-6,8H2,1-2H3. The Morgan fingerprint density at radius 3 is 2.80 bits per heavy atom. The molecule has 1 heterocycles. The van der Waals surface area contributed by atoms with Crippen LogP contribution in [-0.2, 0) is 6.42 Å². The van der Waals surface area contributed by atoms with Gasteiger partial charge in [0.2, 0.25) is 0 Å². The van der Waals surface area contributed by atoms with Crippen LogP contribution in [0.3, 0.4) is 0 Å². The SMILES string of the molecule is CC(C)(C#N)CNCCc1ccc(Br)s1. The van der Waals surface area contributed by atoms with Crippen molar-refractivity contribution in [2.45, 2.75) is 20.3 Å². The van der Waals surface area contributed by atoms with Crippen molar-refractivity contribution in [3.8, 4) is 6.07 Å². The Bertz CT molecular complexity index is 352. The van der Waals surface area contributed by atoms with Gasteiger partial charge in [-0.3, -0.25) is 0 Å². The summed E-state index contributed by atoms with van der Waals surface area (Å²) in [6.07, 6.45) is 1.03. The molecule has 0 aromatic carbocycles. The van der Waals surface area contributed by atoms with Crippen molar-refractivity contribution in [1.82, 2.24) is 5.32 Å². The largest absolute Gasteiger partial charge is 0.315 e. The van der Waals surface area contributed by atoms with Gasteiger partial charge in [-0.15, -0.1) is 11.3 Å². The molecule has 4 heteroatoms. The number of nitrogens with zero attached hydrogens (tertiary/aromatic N) is 1. The van der Waals surface area contributed by atoms with Gasteiger partial charge in [-0.1, -0.05) is 0 Å². The second kappa shape index (κ2) is 5.64. The second-order valence-corrected chi connectivity index (χ2v) is 6.68. The maximum Gasteiger partial charge on any atom is 0.0701 e. The first-order valence-electron chi connectivity index (χ1n) is 4.90. The summed E-state index contributed by atoms with van der Waals surface area (Å²) in [7, 11) is 0. The van der Waals surface area contributed by atoms with Gasteiger partial charge in [0, 0.05) is 18.0 Å². The molecule has 0 unspecified atom stereocenters. The Kier molecular flexibility index (Phi) is 4.78. The summed E-state index contributed by atoms with van der Waals surface area (Å²) in [5, 5.41) is 12.1. The molecule has 1 aromatic heterocycles. The fraction of sp³-hybridized carbons (Fsp3) is 0.545. The minimum absolute atomic E-state index is 0.268. The molecular formula is C11H15BrN2S. The lowest BCUT2D eigenvalue weighted by Crippen LogP contribution is -2.29. The molecule has 0 spiro atoms. The van der Waals surface area contributed by atoms with Crippen LogP contribution in [0.5, 0.6) is 0 Å². The molecule has 1 rings (SSSR count). The highest BCUT2D eigenvalue weighted by Gasteiger charge is 2.15. The van der Waals surface area contributed by atoms with E-state index in [0.29, 0.717) is 0 Å². The second-order valence-electron chi connectivity index (χ2n) is 4.13. The number of hydrogen-bond acceptors (Lipinski definition) is 3. The van der Waals surface area contributed by atoms with Gasteiger partial charge in [-0.05, 0) is 48.3 Å². The van der Waals surface area contributed by atoms with E-state index in [-0.39, 0.29) is 5.41 Å². The molecular weight excluding hydrogens is 272 g/mol. The van der Waals surface area contributed by atoms with Gasteiger partial charge in [0.05, 0.1) is 15.3 Å². The van der Waals surface area contributed by atoms with Crippen LogP contribution in [0.15, 0.2) is 15.9 Å². The van der Waals surface area contributed by atoms with Gasteiger partial charge in [0.15, 0.2) is 0 Å². The van der Waals surface area contributed by atoms with Crippen LogP contribution < -0.4 is 5.32 Å². The summed E-state index contributed by atoms with van der Waals surface area (Å²) in [6, 6.07) is 6.48. The molecule has 0 aliphatic rings. The van der Waals surface area contributed by atoms with E-state index in [1.807, 2.05) is 13.8 Å². The third-order valence-corrected chi connectivity index (χ3v) is 3.73.